The van der Waals surface area contributed by atoms with Crippen LogP contribution in [-0.2, 0) is 10.0 Å². The van der Waals surface area contributed by atoms with Crippen molar-refractivity contribution in [1.82, 2.24) is 14.9 Å². The molecule has 112 valence electrons. The fraction of sp³-hybridized carbons (Fsp3) is 1.00. The molecule has 0 bridgehead atoms. The molecule has 0 amide bonds. The van der Waals surface area contributed by atoms with Gasteiger partial charge in [0.15, 0.2) is 0 Å². The van der Waals surface area contributed by atoms with E-state index in [0.29, 0.717) is 12.6 Å². The van der Waals surface area contributed by atoms with E-state index >= 15 is 0 Å². The Balaban J connectivity index is 1.79. The average molecular weight is 289 g/mol. The van der Waals surface area contributed by atoms with Gasteiger partial charge in [0.2, 0.25) is 10.0 Å². The van der Waals surface area contributed by atoms with E-state index in [1.165, 1.54) is 19.3 Å². The molecule has 2 fully saturated rings. The molecule has 2 N–H and O–H groups in total. The second kappa shape index (κ2) is 7.02. The molecular weight excluding hydrogens is 262 g/mol. The lowest BCUT2D eigenvalue weighted by atomic mass is 10.1. The van der Waals surface area contributed by atoms with Crippen LogP contribution in [0.15, 0.2) is 0 Å². The van der Waals surface area contributed by atoms with Gasteiger partial charge in [-0.1, -0.05) is 6.42 Å². The highest BCUT2D eigenvalue weighted by atomic mass is 32.2. The summed E-state index contributed by atoms with van der Waals surface area (Å²) in [6.45, 7) is 6.51. The molecule has 19 heavy (non-hydrogen) atoms. The summed E-state index contributed by atoms with van der Waals surface area (Å²) in [5, 5.41) is 3.00. The molecule has 0 spiro atoms. The van der Waals surface area contributed by atoms with Gasteiger partial charge in [0, 0.05) is 12.6 Å². The van der Waals surface area contributed by atoms with Crippen molar-refractivity contribution in [1.29, 1.82) is 0 Å². The molecule has 1 atom stereocenters. The minimum Gasteiger partial charge on any atom is -0.317 e. The van der Waals surface area contributed by atoms with E-state index in [4.69, 9.17) is 0 Å². The minimum atomic E-state index is -3.13. The van der Waals surface area contributed by atoms with Crippen LogP contribution in [0.5, 0.6) is 0 Å². The molecule has 0 radical (unpaired) electrons. The number of piperidine rings is 2. The van der Waals surface area contributed by atoms with Gasteiger partial charge >= 0.3 is 0 Å². The first-order valence-electron chi connectivity index (χ1n) is 7.53. The summed E-state index contributed by atoms with van der Waals surface area (Å²) in [7, 11) is -3.13. The van der Waals surface area contributed by atoms with E-state index in [0.717, 1.165) is 39.0 Å². The quantitative estimate of drug-likeness (QED) is 0.775. The van der Waals surface area contributed by atoms with Gasteiger partial charge in [-0.3, -0.25) is 4.90 Å². The first kappa shape index (κ1) is 15.2. The van der Waals surface area contributed by atoms with Crippen molar-refractivity contribution in [2.75, 3.05) is 32.7 Å². The maximum atomic E-state index is 12.2. The molecule has 2 saturated heterocycles. The standard InChI is InChI=1S/C13H27N3O2S/c1-12(16-9-3-2-4-10-16)11-15-19(17,18)13-5-7-14-8-6-13/h12-15H,2-11H2,1H3. The maximum Gasteiger partial charge on any atom is 0.214 e. The molecule has 0 aromatic carbocycles. The zero-order valence-electron chi connectivity index (χ0n) is 11.9. The van der Waals surface area contributed by atoms with E-state index in [2.05, 4.69) is 21.9 Å². The second-order valence-electron chi connectivity index (χ2n) is 5.79. The summed E-state index contributed by atoms with van der Waals surface area (Å²) in [5.74, 6) is 0. The van der Waals surface area contributed by atoms with Gasteiger partial charge in [0.1, 0.15) is 0 Å². The number of sulfonamides is 1. The van der Waals surface area contributed by atoms with Crippen molar-refractivity contribution in [2.24, 2.45) is 0 Å². The Bertz CT molecular complexity index is 360. The fourth-order valence-corrected chi connectivity index (χ4v) is 4.51. The van der Waals surface area contributed by atoms with Crippen LogP contribution in [0.2, 0.25) is 0 Å². The highest BCUT2D eigenvalue weighted by Crippen LogP contribution is 2.14. The molecule has 2 heterocycles. The maximum absolute atomic E-state index is 12.2. The molecule has 1 unspecified atom stereocenters. The van der Waals surface area contributed by atoms with Crippen molar-refractivity contribution in [3.05, 3.63) is 0 Å². The molecule has 5 nitrogen and oxygen atoms in total. The molecule has 2 rings (SSSR count). The number of rotatable bonds is 5. The Morgan fingerprint density at radius 1 is 1.21 bits per heavy atom. The van der Waals surface area contributed by atoms with Crippen LogP contribution in [0.4, 0.5) is 0 Å². The molecule has 6 heteroatoms. The normalized spacial score (nSPS) is 25.3. The first-order valence-corrected chi connectivity index (χ1v) is 9.07. The Labute approximate surface area is 117 Å². The number of likely N-dealkylation sites (tertiary alicyclic amines) is 1. The third-order valence-corrected chi connectivity index (χ3v) is 6.24. The summed E-state index contributed by atoms with van der Waals surface area (Å²) in [4.78, 5) is 2.40. The van der Waals surface area contributed by atoms with Gasteiger partial charge in [-0.15, -0.1) is 0 Å². The summed E-state index contributed by atoms with van der Waals surface area (Å²) in [6.07, 6.45) is 5.25. The molecule has 0 aliphatic carbocycles. The third-order valence-electron chi connectivity index (χ3n) is 4.32. The lowest BCUT2D eigenvalue weighted by molar-refractivity contribution is 0.175. The zero-order valence-corrected chi connectivity index (χ0v) is 12.7. The first-order chi connectivity index (χ1) is 9.09. The van der Waals surface area contributed by atoms with E-state index in [1.54, 1.807) is 0 Å². The van der Waals surface area contributed by atoms with Crippen molar-refractivity contribution in [3.63, 3.8) is 0 Å². The largest absolute Gasteiger partial charge is 0.317 e. The number of nitrogens with one attached hydrogen (secondary N) is 2. The van der Waals surface area contributed by atoms with Crippen LogP contribution in [0.1, 0.15) is 39.0 Å². The Kier molecular flexibility index (Phi) is 5.62. The lowest BCUT2D eigenvalue weighted by Crippen LogP contribution is -2.47. The lowest BCUT2D eigenvalue weighted by Gasteiger charge is -2.33. The van der Waals surface area contributed by atoms with Crippen molar-refractivity contribution < 1.29 is 8.42 Å². The van der Waals surface area contributed by atoms with Crippen LogP contribution < -0.4 is 10.0 Å². The second-order valence-corrected chi connectivity index (χ2v) is 7.83. The average Bonchev–Trinajstić information content (AvgIpc) is 2.47. The van der Waals surface area contributed by atoms with Crippen LogP contribution in [0.3, 0.4) is 0 Å². The van der Waals surface area contributed by atoms with Gasteiger partial charge in [0.05, 0.1) is 5.25 Å². The topological polar surface area (TPSA) is 61.4 Å². The monoisotopic (exact) mass is 289 g/mol. The highest BCUT2D eigenvalue weighted by Gasteiger charge is 2.27. The molecule has 0 saturated carbocycles. The van der Waals surface area contributed by atoms with Gasteiger partial charge < -0.3 is 5.32 Å². The van der Waals surface area contributed by atoms with Crippen molar-refractivity contribution in [3.8, 4) is 0 Å². The molecular formula is C13H27N3O2S. The summed E-state index contributed by atoms with van der Waals surface area (Å²) < 4.78 is 27.3. The van der Waals surface area contributed by atoms with Gasteiger partial charge in [-0.05, 0) is 58.8 Å². The van der Waals surface area contributed by atoms with E-state index in [-0.39, 0.29) is 5.25 Å². The van der Waals surface area contributed by atoms with Crippen molar-refractivity contribution in [2.45, 2.75) is 50.3 Å². The Morgan fingerprint density at radius 3 is 2.47 bits per heavy atom. The Morgan fingerprint density at radius 2 is 1.84 bits per heavy atom. The predicted octanol–water partition coefficient (Wildman–Crippen LogP) is 0.532. The van der Waals surface area contributed by atoms with Gasteiger partial charge in [0.25, 0.3) is 0 Å². The van der Waals surface area contributed by atoms with Crippen molar-refractivity contribution >= 4 is 10.0 Å². The number of hydrogen-bond donors (Lipinski definition) is 2. The van der Waals surface area contributed by atoms with Crippen LogP contribution in [-0.4, -0.2) is 57.3 Å². The zero-order chi connectivity index (χ0) is 13.7. The van der Waals surface area contributed by atoms with Crippen LogP contribution >= 0.6 is 0 Å². The van der Waals surface area contributed by atoms with E-state index in [9.17, 15) is 8.42 Å². The van der Waals surface area contributed by atoms with Gasteiger partial charge in [-0.2, -0.15) is 0 Å². The molecule has 0 aromatic heterocycles. The SMILES string of the molecule is CC(CNS(=O)(=O)C1CCNCC1)N1CCCCC1. The minimum absolute atomic E-state index is 0.206. The molecule has 2 aliphatic rings. The summed E-state index contributed by atoms with van der Waals surface area (Å²) in [5.41, 5.74) is 0. The summed E-state index contributed by atoms with van der Waals surface area (Å²) >= 11 is 0. The number of nitrogens with zero attached hydrogens (tertiary/aromatic N) is 1. The Hall–Kier alpha value is -0.170. The molecule has 0 aromatic rings. The summed E-state index contributed by atoms with van der Waals surface area (Å²) in [6, 6.07) is 0.303. The third kappa shape index (κ3) is 4.41. The predicted molar refractivity (Wildman–Crippen MR) is 77.7 cm³/mol. The van der Waals surface area contributed by atoms with E-state index in [1.807, 2.05) is 0 Å². The van der Waals surface area contributed by atoms with Crippen LogP contribution in [0, 0.1) is 0 Å². The van der Waals surface area contributed by atoms with E-state index < -0.39 is 10.0 Å². The van der Waals surface area contributed by atoms with Crippen LogP contribution in [0.25, 0.3) is 0 Å². The smallest absolute Gasteiger partial charge is 0.214 e. The van der Waals surface area contributed by atoms with Gasteiger partial charge in [-0.25, -0.2) is 13.1 Å². The fourth-order valence-electron chi connectivity index (χ4n) is 2.95. The molecule has 2 aliphatic heterocycles. The number of hydrogen-bond acceptors (Lipinski definition) is 4. The highest BCUT2D eigenvalue weighted by molar-refractivity contribution is 7.90.